The summed E-state index contributed by atoms with van der Waals surface area (Å²) in [6.07, 6.45) is 10.0. The molecule has 3 N–H and O–H groups in total. The van der Waals surface area contributed by atoms with Crippen LogP contribution in [0, 0.1) is 0 Å². The molecular formula is C14H18N2. The maximum absolute atomic E-state index is 5.61. The number of rotatable bonds is 4. The van der Waals surface area contributed by atoms with Gasteiger partial charge >= 0.3 is 0 Å². The maximum Gasteiger partial charge on any atom is 0.0383 e. The van der Waals surface area contributed by atoms with Gasteiger partial charge in [-0.05, 0) is 44.2 Å². The molecule has 0 atom stereocenters. The van der Waals surface area contributed by atoms with Crippen LogP contribution in [0.25, 0.3) is 0 Å². The minimum Gasteiger partial charge on any atom is -0.399 e. The molecule has 1 aromatic rings. The molecule has 0 amide bonds. The monoisotopic (exact) mass is 214 g/mol. The van der Waals surface area contributed by atoms with Gasteiger partial charge in [-0.1, -0.05) is 24.3 Å². The summed E-state index contributed by atoms with van der Waals surface area (Å²) >= 11 is 0. The van der Waals surface area contributed by atoms with Crippen molar-refractivity contribution >= 4 is 11.4 Å². The van der Waals surface area contributed by atoms with Crippen molar-refractivity contribution in [2.45, 2.75) is 13.8 Å². The Morgan fingerprint density at radius 3 is 2.44 bits per heavy atom. The molecule has 0 aliphatic rings. The molecule has 84 valence electrons. The number of allylic oxidation sites excluding steroid dienone is 6. The van der Waals surface area contributed by atoms with Crippen LogP contribution < -0.4 is 11.1 Å². The van der Waals surface area contributed by atoms with E-state index in [1.54, 1.807) is 0 Å². The number of hydrogen-bond acceptors (Lipinski definition) is 2. The molecule has 2 nitrogen and oxygen atoms in total. The van der Waals surface area contributed by atoms with Gasteiger partial charge in [0.2, 0.25) is 0 Å². The fraction of sp³-hybridized carbons (Fsp3) is 0.143. The highest BCUT2D eigenvalue weighted by Crippen LogP contribution is 2.12. The summed E-state index contributed by atoms with van der Waals surface area (Å²) in [7, 11) is 0. The molecule has 0 spiro atoms. The van der Waals surface area contributed by atoms with Gasteiger partial charge in [0.05, 0.1) is 0 Å². The highest BCUT2D eigenvalue weighted by Gasteiger charge is 1.91. The van der Waals surface area contributed by atoms with E-state index in [1.165, 1.54) is 0 Å². The second-order valence-corrected chi connectivity index (χ2v) is 3.51. The van der Waals surface area contributed by atoms with E-state index >= 15 is 0 Å². The number of benzene rings is 1. The average Bonchev–Trinajstić information content (AvgIpc) is 2.28. The second-order valence-electron chi connectivity index (χ2n) is 3.51. The van der Waals surface area contributed by atoms with E-state index in [-0.39, 0.29) is 0 Å². The van der Waals surface area contributed by atoms with E-state index < -0.39 is 0 Å². The third kappa shape index (κ3) is 4.51. The van der Waals surface area contributed by atoms with Crippen molar-refractivity contribution in [2.75, 3.05) is 11.1 Å². The van der Waals surface area contributed by atoms with Crippen LogP contribution in [0.1, 0.15) is 13.8 Å². The van der Waals surface area contributed by atoms with Gasteiger partial charge in [-0.15, -0.1) is 0 Å². The van der Waals surface area contributed by atoms with Crippen LogP contribution in [-0.2, 0) is 0 Å². The van der Waals surface area contributed by atoms with Gasteiger partial charge in [0.25, 0.3) is 0 Å². The zero-order valence-electron chi connectivity index (χ0n) is 9.77. The lowest BCUT2D eigenvalue weighted by Gasteiger charge is -2.05. The lowest BCUT2D eigenvalue weighted by atomic mass is 10.2. The normalized spacial score (nSPS) is 12.5. The summed E-state index contributed by atoms with van der Waals surface area (Å²) < 4.78 is 0. The number of nitrogen functional groups attached to an aromatic ring is 1. The van der Waals surface area contributed by atoms with E-state index in [1.807, 2.05) is 68.5 Å². The SMILES string of the molecule is C\C=C/C=C\C=C(/C)Nc1ccc(N)cc1. The largest absolute Gasteiger partial charge is 0.399 e. The summed E-state index contributed by atoms with van der Waals surface area (Å²) in [5.41, 5.74) is 8.52. The zero-order chi connectivity index (χ0) is 11.8. The molecule has 0 radical (unpaired) electrons. The summed E-state index contributed by atoms with van der Waals surface area (Å²) in [5, 5.41) is 3.28. The fourth-order valence-electron chi connectivity index (χ4n) is 1.21. The maximum atomic E-state index is 5.61. The van der Waals surface area contributed by atoms with Gasteiger partial charge in [0, 0.05) is 17.1 Å². The van der Waals surface area contributed by atoms with Gasteiger partial charge in [-0.3, -0.25) is 0 Å². The Morgan fingerprint density at radius 1 is 1.12 bits per heavy atom. The standard InChI is InChI=1S/C14H18N2/c1-3-4-5-6-7-12(2)16-14-10-8-13(15)9-11-14/h3-11,16H,15H2,1-2H3/b4-3-,6-5-,12-7+. The summed E-state index contributed by atoms with van der Waals surface area (Å²) in [6, 6.07) is 7.68. The van der Waals surface area contributed by atoms with E-state index in [0.717, 1.165) is 17.1 Å². The quantitative estimate of drug-likeness (QED) is 0.592. The van der Waals surface area contributed by atoms with Crippen molar-refractivity contribution in [3.05, 3.63) is 60.3 Å². The molecule has 0 unspecified atom stereocenters. The van der Waals surface area contributed by atoms with Gasteiger partial charge in [-0.25, -0.2) is 0 Å². The van der Waals surface area contributed by atoms with Crippen molar-refractivity contribution in [1.82, 2.24) is 0 Å². The minimum absolute atomic E-state index is 0.778. The van der Waals surface area contributed by atoms with E-state index in [0.29, 0.717) is 0 Å². The molecule has 0 saturated carbocycles. The molecule has 0 aliphatic carbocycles. The van der Waals surface area contributed by atoms with Gasteiger partial charge in [-0.2, -0.15) is 0 Å². The third-order valence-electron chi connectivity index (χ3n) is 2.01. The Kier molecular flexibility index (Phi) is 4.93. The molecular weight excluding hydrogens is 196 g/mol. The van der Waals surface area contributed by atoms with Crippen LogP contribution in [0.3, 0.4) is 0 Å². The zero-order valence-corrected chi connectivity index (χ0v) is 9.77. The Balaban J connectivity index is 2.56. The second kappa shape index (κ2) is 6.51. The van der Waals surface area contributed by atoms with Crippen LogP contribution >= 0.6 is 0 Å². The van der Waals surface area contributed by atoms with Crippen LogP contribution in [0.15, 0.2) is 60.3 Å². The Morgan fingerprint density at radius 2 is 1.81 bits per heavy atom. The number of hydrogen-bond donors (Lipinski definition) is 2. The first-order chi connectivity index (χ1) is 7.72. The number of nitrogens with one attached hydrogen (secondary N) is 1. The number of nitrogens with two attached hydrogens (primary N) is 1. The predicted molar refractivity (Wildman–Crippen MR) is 72.2 cm³/mol. The molecule has 1 rings (SSSR count). The number of anilines is 2. The van der Waals surface area contributed by atoms with Gasteiger partial charge < -0.3 is 11.1 Å². The fourth-order valence-corrected chi connectivity index (χ4v) is 1.21. The average molecular weight is 214 g/mol. The summed E-state index contributed by atoms with van der Waals surface area (Å²) in [5.74, 6) is 0. The van der Waals surface area contributed by atoms with Crippen LogP contribution in [0.4, 0.5) is 11.4 Å². The first-order valence-electron chi connectivity index (χ1n) is 5.31. The van der Waals surface area contributed by atoms with Crippen LogP contribution in [-0.4, -0.2) is 0 Å². The Bertz CT molecular complexity index is 397. The highest BCUT2D eigenvalue weighted by atomic mass is 14.9. The highest BCUT2D eigenvalue weighted by molar-refractivity contribution is 5.54. The molecule has 2 heteroatoms. The molecule has 0 aromatic heterocycles. The van der Waals surface area contributed by atoms with Crippen molar-refractivity contribution < 1.29 is 0 Å². The smallest absolute Gasteiger partial charge is 0.0383 e. The predicted octanol–water partition coefficient (Wildman–Crippen LogP) is 3.72. The minimum atomic E-state index is 0.778. The topological polar surface area (TPSA) is 38.0 Å². The van der Waals surface area contributed by atoms with Crippen LogP contribution in [0.5, 0.6) is 0 Å². The van der Waals surface area contributed by atoms with Crippen LogP contribution in [0.2, 0.25) is 0 Å². The Labute approximate surface area is 97.2 Å². The molecule has 0 fully saturated rings. The Hall–Kier alpha value is -1.96. The van der Waals surface area contributed by atoms with Gasteiger partial charge in [0.15, 0.2) is 0 Å². The lowest BCUT2D eigenvalue weighted by molar-refractivity contribution is 1.38. The van der Waals surface area contributed by atoms with E-state index in [2.05, 4.69) is 5.32 Å². The van der Waals surface area contributed by atoms with Gasteiger partial charge in [0.1, 0.15) is 0 Å². The molecule has 16 heavy (non-hydrogen) atoms. The first kappa shape index (κ1) is 12.1. The molecule has 0 heterocycles. The molecule has 0 saturated heterocycles. The molecule has 0 aliphatic heterocycles. The van der Waals surface area contributed by atoms with Crippen molar-refractivity contribution in [2.24, 2.45) is 0 Å². The van der Waals surface area contributed by atoms with E-state index in [4.69, 9.17) is 5.73 Å². The van der Waals surface area contributed by atoms with Crippen molar-refractivity contribution in [3.8, 4) is 0 Å². The molecule has 1 aromatic carbocycles. The third-order valence-corrected chi connectivity index (χ3v) is 2.01. The summed E-state index contributed by atoms with van der Waals surface area (Å²) in [6.45, 7) is 4.02. The summed E-state index contributed by atoms with van der Waals surface area (Å²) in [4.78, 5) is 0. The lowest BCUT2D eigenvalue weighted by Crippen LogP contribution is -1.95. The van der Waals surface area contributed by atoms with E-state index in [9.17, 15) is 0 Å². The first-order valence-corrected chi connectivity index (χ1v) is 5.31. The van der Waals surface area contributed by atoms with Crippen molar-refractivity contribution in [3.63, 3.8) is 0 Å². The molecule has 0 bridgehead atoms. The van der Waals surface area contributed by atoms with Crippen molar-refractivity contribution in [1.29, 1.82) is 0 Å².